The first-order valence-electron chi connectivity index (χ1n) is 4.39. The zero-order chi connectivity index (χ0) is 10.3. The van der Waals surface area contributed by atoms with Gasteiger partial charge in [0.25, 0.3) is 0 Å². The Hall–Kier alpha value is -1.62. The highest BCUT2D eigenvalue weighted by atomic mass is 79.9. The maximum atomic E-state index is 5.39. The van der Waals surface area contributed by atoms with Crippen LogP contribution in [-0.4, -0.2) is 15.0 Å². The quantitative estimate of drug-likeness (QED) is 0.735. The van der Waals surface area contributed by atoms with Crippen LogP contribution in [0.3, 0.4) is 0 Å². The Labute approximate surface area is 93.5 Å². The van der Waals surface area contributed by atoms with E-state index in [0.717, 1.165) is 5.52 Å². The maximum absolute atomic E-state index is 5.39. The Morgan fingerprint density at radius 1 is 1.27 bits per heavy atom. The van der Waals surface area contributed by atoms with Crippen molar-refractivity contribution in [2.75, 3.05) is 0 Å². The molecule has 3 aromatic heterocycles. The lowest BCUT2D eigenvalue weighted by atomic mass is 10.4. The Morgan fingerprint density at radius 3 is 2.93 bits per heavy atom. The molecule has 3 heterocycles. The molecule has 0 bridgehead atoms. The lowest BCUT2D eigenvalue weighted by Crippen LogP contribution is -1.75. The smallest absolute Gasteiger partial charge is 0.178 e. The molecule has 0 fully saturated rings. The van der Waals surface area contributed by atoms with Crippen LogP contribution in [-0.2, 0) is 0 Å². The van der Waals surface area contributed by atoms with Crippen molar-refractivity contribution >= 4 is 27.1 Å². The van der Waals surface area contributed by atoms with Gasteiger partial charge in [-0.2, -0.15) is 0 Å². The van der Waals surface area contributed by atoms with Gasteiger partial charge >= 0.3 is 0 Å². The number of hydrogen-bond acceptors (Lipinski definition) is 3. The van der Waals surface area contributed by atoms with Gasteiger partial charge in [0.05, 0.1) is 5.52 Å². The number of pyridine rings is 1. The van der Waals surface area contributed by atoms with Crippen LogP contribution in [0.2, 0.25) is 0 Å². The second-order valence-electron chi connectivity index (χ2n) is 3.06. The van der Waals surface area contributed by atoms with Crippen molar-refractivity contribution in [3.05, 3.63) is 35.1 Å². The topological polar surface area (TPSA) is 54.7 Å². The molecule has 0 aliphatic heterocycles. The molecule has 3 aromatic rings. The third-order valence-corrected chi connectivity index (χ3v) is 2.49. The van der Waals surface area contributed by atoms with Gasteiger partial charge < -0.3 is 9.40 Å². The third kappa shape index (κ3) is 1.45. The summed E-state index contributed by atoms with van der Waals surface area (Å²) >= 11 is 3.25. The number of rotatable bonds is 1. The molecule has 0 saturated carbocycles. The summed E-state index contributed by atoms with van der Waals surface area (Å²) in [4.78, 5) is 11.6. The minimum atomic E-state index is 0.686. The summed E-state index contributed by atoms with van der Waals surface area (Å²) < 4.78 is 6.08. The van der Waals surface area contributed by atoms with Crippen molar-refractivity contribution < 1.29 is 4.42 Å². The Kier molecular flexibility index (Phi) is 1.85. The van der Waals surface area contributed by atoms with Crippen molar-refractivity contribution in [1.29, 1.82) is 0 Å². The Morgan fingerprint density at radius 2 is 2.20 bits per heavy atom. The maximum Gasteiger partial charge on any atom is 0.178 e. The highest BCUT2D eigenvalue weighted by molar-refractivity contribution is 9.10. The predicted molar refractivity (Wildman–Crippen MR) is 59.3 cm³/mol. The zero-order valence-corrected chi connectivity index (χ0v) is 9.15. The molecular formula is C10H6BrN3O. The van der Waals surface area contributed by atoms with E-state index < -0.39 is 0 Å². The first-order valence-corrected chi connectivity index (χ1v) is 5.19. The summed E-state index contributed by atoms with van der Waals surface area (Å²) in [7, 11) is 0. The number of hydrogen-bond donors (Lipinski definition) is 1. The van der Waals surface area contributed by atoms with Crippen LogP contribution in [0.1, 0.15) is 0 Å². The Bertz CT molecular complexity index is 581. The number of imidazole rings is 1. The summed E-state index contributed by atoms with van der Waals surface area (Å²) in [5.74, 6) is 1.38. The molecule has 0 aliphatic rings. The van der Waals surface area contributed by atoms with E-state index in [1.165, 1.54) is 0 Å². The molecule has 5 heteroatoms. The van der Waals surface area contributed by atoms with Gasteiger partial charge in [0.15, 0.2) is 21.9 Å². The molecule has 4 nitrogen and oxygen atoms in total. The van der Waals surface area contributed by atoms with Crippen LogP contribution in [0.5, 0.6) is 0 Å². The standard InChI is InChI=1S/C10H6BrN3O/c11-8-4-3-7(15-8)10-13-6-2-1-5-12-9(6)14-10/h1-5H,(H,12,13,14). The van der Waals surface area contributed by atoms with Crippen LogP contribution in [0.4, 0.5) is 0 Å². The predicted octanol–water partition coefficient (Wildman–Crippen LogP) is 2.98. The van der Waals surface area contributed by atoms with Crippen molar-refractivity contribution in [2.24, 2.45) is 0 Å². The molecule has 1 N–H and O–H groups in total. The first-order chi connectivity index (χ1) is 7.33. The molecule has 0 saturated heterocycles. The van der Waals surface area contributed by atoms with Gasteiger partial charge in [-0.05, 0) is 40.2 Å². The van der Waals surface area contributed by atoms with Crippen LogP contribution < -0.4 is 0 Å². The molecule has 0 amide bonds. The number of H-pyrrole nitrogens is 1. The summed E-state index contributed by atoms with van der Waals surface area (Å²) in [6.45, 7) is 0. The third-order valence-electron chi connectivity index (χ3n) is 2.06. The van der Waals surface area contributed by atoms with Gasteiger partial charge in [-0.25, -0.2) is 9.97 Å². The summed E-state index contributed by atoms with van der Waals surface area (Å²) in [5, 5.41) is 0. The number of aromatic amines is 1. The van der Waals surface area contributed by atoms with Gasteiger partial charge in [-0.15, -0.1) is 0 Å². The molecule has 0 spiro atoms. The molecule has 0 radical (unpaired) electrons. The summed E-state index contributed by atoms with van der Waals surface area (Å²) in [6.07, 6.45) is 1.71. The van der Waals surface area contributed by atoms with Gasteiger partial charge in [0.1, 0.15) is 0 Å². The molecule has 3 rings (SSSR count). The highest BCUT2D eigenvalue weighted by Crippen LogP contribution is 2.23. The van der Waals surface area contributed by atoms with Crippen molar-refractivity contribution in [1.82, 2.24) is 15.0 Å². The first kappa shape index (κ1) is 8.67. The van der Waals surface area contributed by atoms with Gasteiger partial charge in [-0.1, -0.05) is 0 Å². The van der Waals surface area contributed by atoms with E-state index in [0.29, 0.717) is 21.9 Å². The average Bonchev–Trinajstić information content (AvgIpc) is 2.82. The second-order valence-corrected chi connectivity index (χ2v) is 3.85. The van der Waals surface area contributed by atoms with Gasteiger partial charge in [0, 0.05) is 6.20 Å². The summed E-state index contributed by atoms with van der Waals surface area (Å²) in [5.41, 5.74) is 1.60. The largest absolute Gasteiger partial charge is 0.446 e. The van der Waals surface area contributed by atoms with E-state index in [-0.39, 0.29) is 0 Å². The van der Waals surface area contributed by atoms with E-state index in [2.05, 4.69) is 30.9 Å². The van der Waals surface area contributed by atoms with Crippen LogP contribution >= 0.6 is 15.9 Å². The number of aromatic nitrogens is 3. The van der Waals surface area contributed by atoms with E-state index in [1.807, 2.05) is 24.3 Å². The summed E-state index contributed by atoms with van der Waals surface area (Å²) in [6, 6.07) is 7.47. The fourth-order valence-corrected chi connectivity index (χ4v) is 1.71. The van der Waals surface area contributed by atoms with E-state index in [9.17, 15) is 0 Å². The normalized spacial score (nSPS) is 11.0. The second kappa shape index (κ2) is 3.20. The fraction of sp³-hybridized carbons (Fsp3) is 0. The molecule has 0 aromatic carbocycles. The molecule has 15 heavy (non-hydrogen) atoms. The Balaban J connectivity index is 2.19. The lowest BCUT2D eigenvalue weighted by Gasteiger charge is -1.86. The zero-order valence-electron chi connectivity index (χ0n) is 7.57. The number of nitrogens with zero attached hydrogens (tertiary/aromatic N) is 2. The van der Waals surface area contributed by atoms with E-state index >= 15 is 0 Å². The fourth-order valence-electron chi connectivity index (χ4n) is 1.40. The number of nitrogens with one attached hydrogen (secondary N) is 1. The molecular weight excluding hydrogens is 258 g/mol. The molecule has 74 valence electrons. The lowest BCUT2D eigenvalue weighted by molar-refractivity contribution is 0.552. The van der Waals surface area contributed by atoms with E-state index in [1.54, 1.807) is 6.20 Å². The van der Waals surface area contributed by atoms with Crippen molar-refractivity contribution in [2.45, 2.75) is 0 Å². The number of fused-ring (bicyclic) bond motifs is 1. The SMILES string of the molecule is Brc1ccc(-c2nc3ncccc3[nH]2)o1. The molecule has 0 unspecified atom stereocenters. The molecule has 0 aliphatic carbocycles. The van der Waals surface area contributed by atoms with E-state index in [4.69, 9.17) is 4.42 Å². The van der Waals surface area contributed by atoms with Crippen LogP contribution in [0.25, 0.3) is 22.7 Å². The minimum Gasteiger partial charge on any atom is -0.446 e. The average molecular weight is 264 g/mol. The van der Waals surface area contributed by atoms with Crippen molar-refractivity contribution in [3.63, 3.8) is 0 Å². The molecule has 0 atom stereocenters. The minimum absolute atomic E-state index is 0.686. The van der Waals surface area contributed by atoms with Crippen LogP contribution in [0, 0.1) is 0 Å². The van der Waals surface area contributed by atoms with Gasteiger partial charge in [-0.3, -0.25) is 0 Å². The number of furan rings is 1. The van der Waals surface area contributed by atoms with Crippen molar-refractivity contribution in [3.8, 4) is 11.6 Å². The monoisotopic (exact) mass is 263 g/mol. The highest BCUT2D eigenvalue weighted by Gasteiger charge is 2.08. The number of halogens is 1. The van der Waals surface area contributed by atoms with Crippen LogP contribution in [0.15, 0.2) is 39.5 Å². The van der Waals surface area contributed by atoms with Gasteiger partial charge in [0.2, 0.25) is 0 Å².